The Bertz CT molecular complexity index is 992. The number of aliphatic hydroxyl groups is 1. The van der Waals surface area contributed by atoms with Crippen LogP contribution in [0.2, 0.25) is 0 Å². The molecule has 0 aromatic heterocycles. The summed E-state index contributed by atoms with van der Waals surface area (Å²) >= 11 is 0. The molecule has 1 aliphatic heterocycles. The molecule has 0 saturated heterocycles. The molecule has 28 heavy (non-hydrogen) atoms. The van der Waals surface area contributed by atoms with Gasteiger partial charge in [0.15, 0.2) is 0 Å². The van der Waals surface area contributed by atoms with Crippen LogP contribution in [-0.2, 0) is 9.59 Å². The van der Waals surface area contributed by atoms with Crippen molar-refractivity contribution < 1.29 is 14.7 Å². The summed E-state index contributed by atoms with van der Waals surface area (Å²) in [7, 11) is 0. The molecule has 142 valence electrons. The van der Waals surface area contributed by atoms with Gasteiger partial charge in [0.2, 0.25) is 5.91 Å². The van der Waals surface area contributed by atoms with Crippen LogP contribution in [0.3, 0.4) is 0 Å². The average molecular weight is 376 g/mol. The number of carbonyl (C=O) groups excluding carboxylic acids is 2. The highest BCUT2D eigenvalue weighted by Gasteiger charge is 2.36. The number of anilines is 2. The van der Waals surface area contributed by atoms with Crippen molar-refractivity contribution in [3.05, 3.63) is 65.4 Å². The van der Waals surface area contributed by atoms with E-state index >= 15 is 0 Å². The first-order valence-corrected chi connectivity index (χ1v) is 8.83. The minimum atomic E-state index is -0.389. The molecule has 0 aliphatic carbocycles. The van der Waals surface area contributed by atoms with Crippen molar-refractivity contribution in [2.24, 2.45) is 5.84 Å². The van der Waals surface area contributed by atoms with E-state index in [1.807, 2.05) is 18.2 Å². The van der Waals surface area contributed by atoms with Gasteiger partial charge in [-0.05, 0) is 37.6 Å². The average Bonchev–Trinajstić information content (AvgIpc) is 3.02. The third kappa shape index (κ3) is 3.39. The van der Waals surface area contributed by atoms with Gasteiger partial charge in [-0.25, -0.2) is 5.84 Å². The molecule has 0 bridgehead atoms. The maximum absolute atomic E-state index is 13.3. The minimum Gasteiger partial charge on any atom is -0.396 e. The van der Waals surface area contributed by atoms with Crippen LogP contribution in [0.15, 0.2) is 54.2 Å². The van der Waals surface area contributed by atoms with Crippen molar-refractivity contribution in [1.82, 2.24) is 5.01 Å². The summed E-state index contributed by atoms with van der Waals surface area (Å²) in [6.07, 6.45) is 0.371. The number of aliphatic hydroxyl groups excluding tert-OH is 1. The zero-order chi connectivity index (χ0) is 20.3. The van der Waals surface area contributed by atoms with E-state index in [9.17, 15) is 14.9 Å². The summed E-state index contributed by atoms with van der Waals surface area (Å²) in [6.45, 7) is 1.50. The molecule has 0 radical (unpaired) electrons. The van der Waals surface area contributed by atoms with E-state index in [1.54, 1.807) is 37.3 Å². The van der Waals surface area contributed by atoms with E-state index in [4.69, 9.17) is 10.9 Å². The molecule has 0 spiro atoms. The second kappa shape index (κ2) is 8.05. The molecule has 1 aliphatic rings. The number of carbonyl (C=O) groups is 2. The molecular weight excluding hydrogens is 356 g/mol. The number of para-hydroxylation sites is 1. The second-order valence-electron chi connectivity index (χ2n) is 6.37. The zero-order valence-corrected chi connectivity index (χ0v) is 15.4. The normalized spacial score (nSPS) is 14.5. The van der Waals surface area contributed by atoms with Crippen LogP contribution >= 0.6 is 0 Å². The van der Waals surface area contributed by atoms with E-state index in [2.05, 4.69) is 6.07 Å². The number of nitrogens with zero attached hydrogens (tertiary/aromatic N) is 3. The molecule has 2 aromatic carbocycles. The Morgan fingerprint density at radius 1 is 1.25 bits per heavy atom. The lowest BCUT2D eigenvalue weighted by atomic mass is 10.0. The van der Waals surface area contributed by atoms with Crippen molar-refractivity contribution in [2.75, 3.05) is 11.5 Å². The Hall–Kier alpha value is -3.47. The van der Waals surface area contributed by atoms with Gasteiger partial charge in [0, 0.05) is 30.0 Å². The Morgan fingerprint density at radius 2 is 1.96 bits per heavy atom. The van der Waals surface area contributed by atoms with Crippen LogP contribution in [0.5, 0.6) is 0 Å². The van der Waals surface area contributed by atoms with E-state index < -0.39 is 0 Å². The molecule has 0 atom stereocenters. The van der Waals surface area contributed by atoms with E-state index in [-0.39, 0.29) is 24.8 Å². The number of hydrazine groups is 1. The van der Waals surface area contributed by atoms with Crippen LogP contribution < -0.4 is 10.7 Å². The molecule has 7 nitrogen and oxygen atoms in total. The SMILES string of the molecule is C/C(=C1/C(=O)N(c2ccccc2)c2cc(C#N)ccc21)N(N)C(=O)CCCO. The fourth-order valence-electron chi connectivity index (χ4n) is 3.18. The fourth-order valence-corrected chi connectivity index (χ4v) is 3.18. The molecule has 7 heteroatoms. The first-order valence-electron chi connectivity index (χ1n) is 8.83. The fraction of sp³-hybridized carbons (Fsp3) is 0.190. The molecule has 3 N–H and O–H groups in total. The van der Waals surface area contributed by atoms with Crippen molar-refractivity contribution in [2.45, 2.75) is 19.8 Å². The summed E-state index contributed by atoms with van der Waals surface area (Å²) in [6, 6.07) is 16.1. The van der Waals surface area contributed by atoms with Gasteiger partial charge >= 0.3 is 0 Å². The largest absolute Gasteiger partial charge is 0.396 e. The van der Waals surface area contributed by atoms with E-state index in [0.29, 0.717) is 40.2 Å². The van der Waals surface area contributed by atoms with Gasteiger partial charge in [0.05, 0.1) is 22.9 Å². The Balaban J connectivity index is 2.13. The van der Waals surface area contributed by atoms with Gasteiger partial charge in [-0.3, -0.25) is 19.5 Å². The zero-order valence-electron chi connectivity index (χ0n) is 15.4. The number of benzene rings is 2. The lowest BCUT2D eigenvalue weighted by Crippen LogP contribution is -2.37. The smallest absolute Gasteiger partial charge is 0.265 e. The van der Waals surface area contributed by atoms with Crippen LogP contribution in [-0.4, -0.2) is 28.5 Å². The second-order valence-corrected chi connectivity index (χ2v) is 6.37. The molecule has 3 rings (SSSR count). The minimum absolute atomic E-state index is 0.0778. The van der Waals surface area contributed by atoms with Crippen LogP contribution in [0.4, 0.5) is 11.4 Å². The predicted molar refractivity (Wildman–Crippen MR) is 105 cm³/mol. The third-order valence-corrected chi connectivity index (χ3v) is 4.61. The number of rotatable bonds is 5. The maximum Gasteiger partial charge on any atom is 0.265 e. The number of amides is 2. The first-order chi connectivity index (χ1) is 13.5. The number of hydrogen-bond donors (Lipinski definition) is 2. The maximum atomic E-state index is 13.3. The molecule has 2 amide bonds. The Morgan fingerprint density at radius 3 is 2.61 bits per heavy atom. The lowest BCUT2D eigenvalue weighted by Gasteiger charge is -2.20. The van der Waals surface area contributed by atoms with Crippen molar-refractivity contribution in [1.29, 1.82) is 5.26 Å². The van der Waals surface area contributed by atoms with Crippen LogP contribution in [0.1, 0.15) is 30.9 Å². The molecule has 0 saturated carbocycles. The third-order valence-electron chi connectivity index (χ3n) is 4.61. The monoisotopic (exact) mass is 376 g/mol. The van der Waals surface area contributed by atoms with Gasteiger partial charge in [-0.1, -0.05) is 24.3 Å². The van der Waals surface area contributed by atoms with Gasteiger partial charge in [0.1, 0.15) is 0 Å². The van der Waals surface area contributed by atoms with Crippen LogP contribution in [0, 0.1) is 11.3 Å². The summed E-state index contributed by atoms with van der Waals surface area (Å²) in [5, 5.41) is 19.1. The number of fused-ring (bicyclic) bond motifs is 1. The number of hydrogen-bond acceptors (Lipinski definition) is 5. The Kier molecular flexibility index (Phi) is 5.54. The van der Waals surface area contributed by atoms with Crippen LogP contribution in [0.25, 0.3) is 5.57 Å². The van der Waals surface area contributed by atoms with Crippen molar-refractivity contribution >= 4 is 28.8 Å². The van der Waals surface area contributed by atoms with Crippen molar-refractivity contribution in [3.8, 4) is 6.07 Å². The summed E-state index contributed by atoms with van der Waals surface area (Å²) in [5.41, 5.74) is 2.88. The highest BCUT2D eigenvalue weighted by atomic mass is 16.3. The van der Waals surface area contributed by atoms with Gasteiger partial charge in [-0.15, -0.1) is 0 Å². The van der Waals surface area contributed by atoms with E-state index in [0.717, 1.165) is 5.01 Å². The number of nitriles is 1. The number of nitrogens with two attached hydrogens (primary N) is 1. The van der Waals surface area contributed by atoms with Gasteiger partial charge in [-0.2, -0.15) is 5.26 Å². The first kappa shape index (κ1) is 19.3. The molecule has 1 heterocycles. The summed E-state index contributed by atoms with van der Waals surface area (Å²) in [4.78, 5) is 27.1. The highest BCUT2D eigenvalue weighted by Crippen LogP contribution is 2.43. The molecular formula is C21H20N4O3. The topological polar surface area (TPSA) is 111 Å². The highest BCUT2D eigenvalue weighted by molar-refractivity contribution is 6.35. The quantitative estimate of drug-likeness (QED) is 0.360. The Labute approximate surface area is 162 Å². The molecule has 0 fully saturated rings. The summed E-state index contributed by atoms with van der Waals surface area (Å²) < 4.78 is 0. The van der Waals surface area contributed by atoms with Gasteiger partial charge < -0.3 is 5.11 Å². The van der Waals surface area contributed by atoms with E-state index in [1.165, 1.54) is 4.90 Å². The predicted octanol–water partition coefficient (Wildman–Crippen LogP) is 2.44. The standard InChI is InChI=1S/C21H20N4O3/c1-14(25(23)19(27)8-5-11-26)20-17-10-9-15(13-22)12-18(17)24(21(20)28)16-6-3-2-4-7-16/h2-4,6-7,9-10,12,26H,5,8,11,23H2,1H3/b20-14-. The lowest BCUT2D eigenvalue weighted by molar-refractivity contribution is -0.129. The molecule has 0 unspecified atom stereocenters. The molecule has 2 aromatic rings. The van der Waals surface area contributed by atoms with Crippen molar-refractivity contribution in [3.63, 3.8) is 0 Å². The summed E-state index contributed by atoms with van der Waals surface area (Å²) in [5.74, 6) is 5.25. The number of allylic oxidation sites excluding steroid dienone is 1. The van der Waals surface area contributed by atoms with Gasteiger partial charge in [0.25, 0.3) is 5.91 Å².